The van der Waals surface area contributed by atoms with Crippen molar-refractivity contribution in [3.63, 3.8) is 0 Å². The Kier molecular flexibility index (Phi) is 30.7. The highest BCUT2D eigenvalue weighted by molar-refractivity contribution is 6.31. The Hall–Kier alpha value is -6.73. The SMILES string of the molecule is CC[C@H](C)[C@@H]1NC(=O)[C@H](C)N(C)C(=O)C[C@@H](C(=O)N2CCCCC2)N(C)C(=O)[C@H](C2CCCCC2)N(C)C(=O)CCCCNC(=O)[C@@H]2CCCN2C(=O)[C@H](COCc2ccccc2Cl)NCC(C=O)N(C)C(=O)[C@H](CC2CCCCC2)N(C)C(=O)CN(C)C(=O)CN(C)C1=O. The molecule has 9 atom stereocenters. The Morgan fingerprint density at radius 3 is 1.95 bits per heavy atom. The Balaban J connectivity index is 1.31. The smallest absolute Gasteiger partial charge is 0.246 e. The fourth-order valence-electron chi connectivity index (χ4n) is 13.9. The molecule has 1 aromatic rings. The lowest BCUT2D eigenvalue weighted by Crippen LogP contribution is -2.59. The molecule has 3 heterocycles. The van der Waals surface area contributed by atoms with Crippen molar-refractivity contribution in [2.45, 2.75) is 211 Å². The Morgan fingerprint density at radius 2 is 1.29 bits per heavy atom. The van der Waals surface area contributed by atoms with E-state index in [0.717, 1.165) is 80.4 Å². The first-order chi connectivity index (χ1) is 45.3. The minimum Gasteiger partial charge on any atom is -0.375 e. The van der Waals surface area contributed by atoms with Gasteiger partial charge in [0.15, 0.2) is 0 Å². The third-order valence-electron chi connectivity index (χ3n) is 20.7. The van der Waals surface area contributed by atoms with E-state index in [9.17, 15) is 52.7 Å². The number of benzene rings is 1. The number of hydrogen-bond donors (Lipinski definition) is 3. The van der Waals surface area contributed by atoms with Crippen molar-refractivity contribution in [2.24, 2.45) is 17.8 Å². The largest absolute Gasteiger partial charge is 0.375 e. The van der Waals surface area contributed by atoms with Gasteiger partial charge in [-0.2, -0.15) is 0 Å². The van der Waals surface area contributed by atoms with Gasteiger partial charge in [-0.1, -0.05) is 101 Å². The number of likely N-dealkylation sites (N-methyl/N-ethyl adjacent to an activating group) is 7. The van der Waals surface area contributed by atoms with Crippen LogP contribution in [0.2, 0.25) is 5.02 Å². The van der Waals surface area contributed by atoms with E-state index in [0.29, 0.717) is 74.9 Å². The number of likely N-dealkylation sites (tertiary alicyclic amines) is 1. The predicted octanol–water partition coefficient (Wildman–Crippen LogP) is 3.86. The lowest BCUT2D eigenvalue weighted by Gasteiger charge is -2.41. The first-order valence-corrected chi connectivity index (χ1v) is 35.2. The van der Waals surface area contributed by atoms with Crippen LogP contribution < -0.4 is 16.0 Å². The molecule has 2 aliphatic carbocycles. The van der Waals surface area contributed by atoms with Gasteiger partial charge in [0.2, 0.25) is 65.0 Å². The molecule has 0 aromatic heterocycles. The van der Waals surface area contributed by atoms with Crippen molar-refractivity contribution in [2.75, 3.05) is 102 Å². The van der Waals surface area contributed by atoms with Gasteiger partial charge < -0.3 is 69.6 Å². The van der Waals surface area contributed by atoms with Crippen molar-refractivity contribution < 1.29 is 62.3 Å². The third kappa shape index (κ3) is 21.1. The molecule has 1 unspecified atom stereocenters. The number of aldehydes is 1. The normalized spacial score (nSPS) is 27.4. The van der Waals surface area contributed by atoms with Gasteiger partial charge in [0.1, 0.15) is 48.6 Å². The van der Waals surface area contributed by atoms with Crippen LogP contribution in [0, 0.1) is 17.8 Å². The molecule has 0 spiro atoms. The molecule has 3 saturated heterocycles. The monoisotopic (exact) mass is 1350 g/mol. The topological polar surface area (TPSA) is 279 Å². The number of hydrogen-bond acceptors (Lipinski definition) is 14. The van der Waals surface area contributed by atoms with E-state index < -0.39 is 127 Å². The van der Waals surface area contributed by atoms with Crippen LogP contribution in [0.3, 0.4) is 0 Å². The maximum atomic E-state index is 15.2. The molecule has 530 valence electrons. The number of halogens is 1. The molecule has 26 heteroatoms. The maximum Gasteiger partial charge on any atom is 0.246 e. The Morgan fingerprint density at radius 1 is 0.653 bits per heavy atom. The zero-order valence-electron chi connectivity index (χ0n) is 58.2. The fraction of sp³-hybridized carbons (Fsp3) is 0.739. The number of ether oxygens (including phenoxy) is 1. The van der Waals surface area contributed by atoms with Crippen LogP contribution in [-0.2, 0) is 68.9 Å². The molecule has 11 amide bonds. The Labute approximate surface area is 567 Å². The van der Waals surface area contributed by atoms with Gasteiger partial charge in [0, 0.05) is 93.5 Å². The second kappa shape index (κ2) is 37.7. The average molecular weight is 1350 g/mol. The highest BCUT2D eigenvalue weighted by Gasteiger charge is 2.44. The standard InChI is InChI=1S/C69H109ClN12O13/c1-11-46(2)61-68(93)75(5)41-59(86)74(4)42-60(87)78(8)55(38-48-26-15-12-16-27-48)66(91)77(7)51(43-83)40-72-53(45-95-44-50-30-19-20-31-52(50)70)65(90)82-37-25-32-54(82)64(89)71-34-22-21-33-57(84)80(10)62(49-28-17-13-18-29-49)69(94)79(9)56(67(92)81-35-23-14-24-36-81)39-58(85)76(6)47(3)63(88)73-61/h19-20,30-31,43,46-49,51,53-56,61-62,72H,11-18,21-29,32-42,44-45H2,1-10H3,(H,71,89)(H,73,88)/t46-,47-,51?,53-,54-,55-,56-,61-,62-/m0/s1. The average Bonchev–Trinajstić information content (AvgIpc) is 1.07. The summed E-state index contributed by atoms with van der Waals surface area (Å²) in [5, 5.41) is 9.45. The van der Waals surface area contributed by atoms with Gasteiger partial charge in [-0.25, -0.2) is 0 Å². The number of carbonyl (C=O) groups excluding carboxylic acids is 12. The molecule has 25 nitrogen and oxygen atoms in total. The number of rotatable bonds is 11. The Bertz CT molecular complexity index is 2810. The molecular formula is C69H109ClN12O13. The molecule has 3 aliphatic heterocycles. The molecule has 0 bridgehead atoms. The van der Waals surface area contributed by atoms with Crippen molar-refractivity contribution in [1.82, 2.24) is 60.0 Å². The predicted molar refractivity (Wildman–Crippen MR) is 358 cm³/mol. The van der Waals surface area contributed by atoms with Crippen LogP contribution in [0.4, 0.5) is 0 Å². The van der Waals surface area contributed by atoms with E-state index in [1.54, 1.807) is 43.1 Å². The lowest BCUT2D eigenvalue weighted by molar-refractivity contribution is -0.155. The van der Waals surface area contributed by atoms with E-state index in [4.69, 9.17) is 16.3 Å². The number of carbonyl (C=O) groups is 12. The summed E-state index contributed by atoms with van der Waals surface area (Å²) in [6.07, 6.45) is 13.5. The summed E-state index contributed by atoms with van der Waals surface area (Å²) in [4.78, 5) is 185. The molecule has 95 heavy (non-hydrogen) atoms. The van der Waals surface area contributed by atoms with E-state index in [2.05, 4.69) is 16.0 Å². The highest BCUT2D eigenvalue weighted by atomic mass is 35.5. The highest BCUT2D eigenvalue weighted by Crippen LogP contribution is 2.33. The zero-order chi connectivity index (χ0) is 69.6. The van der Waals surface area contributed by atoms with Crippen molar-refractivity contribution >= 4 is 82.9 Å². The summed E-state index contributed by atoms with van der Waals surface area (Å²) in [5.41, 5.74) is 0.670. The van der Waals surface area contributed by atoms with E-state index in [1.165, 1.54) is 78.6 Å². The molecule has 0 radical (unpaired) electrons. The van der Waals surface area contributed by atoms with E-state index in [-0.39, 0.29) is 69.3 Å². The maximum absolute atomic E-state index is 15.2. The van der Waals surface area contributed by atoms with Crippen molar-refractivity contribution in [3.05, 3.63) is 34.9 Å². The summed E-state index contributed by atoms with van der Waals surface area (Å²) < 4.78 is 6.13. The summed E-state index contributed by atoms with van der Waals surface area (Å²) >= 11 is 6.48. The zero-order valence-corrected chi connectivity index (χ0v) is 58.9. The van der Waals surface area contributed by atoms with E-state index >= 15 is 4.79 Å². The van der Waals surface area contributed by atoms with Crippen LogP contribution in [0.25, 0.3) is 0 Å². The number of nitrogens with zero attached hydrogens (tertiary/aromatic N) is 9. The summed E-state index contributed by atoms with van der Waals surface area (Å²) in [6.45, 7) is 5.06. The van der Waals surface area contributed by atoms with Crippen LogP contribution in [0.1, 0.15) is 161 Å². The van der Waals surface area contributed by atoms with Crippen molar-refractivity contribution in [3.8, 4) is 0 Å². The van der Waals surface area contributed by atoms with Gasteiger partial charge >= 0.3 is 0 Å². The molecule has 6 rings (SSSR count). The number of fused-ring (bicyclic) bond motifs is 1. The third-order valence-corrected chi connectivity index (χ3v) is 21.1. The van der Waals surface area contributed by atoms with Crippen LogP contribution in [-0.4, -0.2) is 265 Å². The lowest BCUT2D eigenvalue weighted by atomic mass is 9.82. The minimum absolute atomic E-state index is 0.0362. The first kappa shape index (κ1) is 77.3. The summed E-state index contributed by atoms with van der Waals surface area (Å²) in [7, 11) is 10.3. The molecule has 2 saturated carbocycles. The first-order valence-electron chi connectivity index (χ1n) is 34.8. The number of nitrogens with one attached hydrogen (secondary N) is 3. The van der Waals surface area contributed by atoms with Gasteiger partial charge in [-0.05, 0) is 101 Å². The fourth-order valence-corrected chi connectivity index (χ4v) is 14.1. The minimum atomic E-state index is -1.29. The molecule has 5 aliphatic rings. The molecular weight excluding hydrogens is 1240 g/mol. The summed E-state index contributed by atoms with van der Waals surface area (Å²) in [6, 6.07) is -1.66. The molecule has 3 N–H and O–H groups in total. The van der Waals surface area contributed by atoms with Crippen LogP contribution in [0.15, 0.2) is 24.3 Å². The van der Waals surface area contributed by atoms with Gasteiger partial charge in [0.05, 0.1) is 38.8 Å². The van der Waals surface area contributed by atoms with Crippen molar-refractivity contribution in [1.29, 1.82) is 0 Å². The number of piperidine rings is 1. The molecule has 5 fully saturated rings. The van der Waals surface area contributed by atoms with Gasteiger partial charge in [-0.15, -0.1) is 0 Å². The van der Waals surface area contributed by atoms with Crippen LogP contribution >= 0.6 is 11.6 Å². The van der Waals surface area contributed by atoms with E-state index in [1.807, 2.05) is 6.92 Å². The van der Waals surface area contributed by atoms with Gasteiger partial charge in [-0.3, -0.25) is 52.7 Å². The van der Waals surface area contributed by atoms with Crippen LogP contribution in [0.5, 0.6) is 0 Å². The quantitative estimate of drug-likeness (QED) is 0.266. The number of amides is 11. The second-order valence-electron chi connectivity index (χ2n) is 27.3. The summed E-state index contributed by atoms with van der Waals surface area (Å²) in [5.74, 6) is -6.29. The molecule has 1 aromatic carbocycles. The van der Waals surface area contributed by atoms with Gasteiger partial charge in [0.25, 0.3) is 0 Å². The second-order valence-corrected chi connectivity index (χ2v) is 27.7.